The second-order valence-corrected chi connectivity index (χ2v) is 8.10. The first-order chi connectivity index (χ1) is 18.0. The van der Waals surface area contributed by atoms with E-state index in [-0.39, 0.29) is 0 Å². The van der Waals surface area contributed by atoms with Gasteiger partial charge in [-0.3, -0.25) is 9.55 Å². The number of aryl methyl sites for hydroxylation is 1. The Kier molecular flexibility index (Phi) is 6.11. The average Bonchev–Trinajstić information content (AvgIpc) is 3.23. The summed E-state index contributed by atoms with van der Waals surface area (Å²) in [6.07, 6.45) is 5.38. The lowest BCUT2D eigenvalue weighted by atomic mass is 10.0. The summed E-state index contributed by atoms with van der Waals surface area (Å²) in [4.78, 5) is 13.1. The molecule has 0 spiro atoms. The maximum absolute atomic E-state index is 9.44. The molecule has 5 aromatic rings. The number of nitrogens with zero attached hydrogens (tertiary/aromatic N) is 6. The molecule has 37 heavy (non-hydrogen) atoms. The van der Waals surface area contributed by atoms with E-state index in [0.29, 0.717) is 28.7 Å². The minimum absolute atomic E-state index is 0.442. The van der Waals surface area contributed by atoms with Crippen molar-refractivity contribution in [1.29, 1.82) is 5.26 Å². The van der Waals surface area contributed by atoms with Crippen molar-refractivity contribution in [3.05, 3.63) is 60.5 Å². The standard InChI is InChI=1S/C27H24N6O4/c1-32-21-14-29-20-8-6-16(17-11-22(34-2)26(37-5)23(12-17)35-3)10-19(20)25(21)33(27(32)31-15-28)18-7-9-24(36-4)30-13-18/h6-14H,1-5H3. The molecule has 0 atom stereocenters. The first-order valence-electron chi connectivity index (χ1n) is 11.3. The van der Waals surface area contributed by atoms with Gasteiger partial charge in [0.05, 0.1) is 63.1 Å². The zero-order valence-electron chi connectivity index (χ0n) is 21.0. The molecule has 0 aliphatic rings. The predicted octanol–water partition coefficient (Wildman–Crippen LogP) is 4.00. The van der Waals surface area contributed by atoms with Gasteiger partial charge in [0, 0.05) is 18.5 Å². The summed E-state index contributed by atoms with van der Waals surface area (Å²) in [6, 6.07) is 13.4. The van der Waals surface area contributed by atoms with Crippen molar-refractivity contribution in [3.8, 4) is 46.1 Å². The number of hydrogen-bond acceptors (Lipinski definition) is 8. The molecule has 0 aliphatic heterocycles. The fraction of sp³-hybridized carbons (Fsp3) is 0.185. The quantitative estimate of drug-likeness (QED) is 0.327. The van der Waals surface area contributed by atoms with Crippen LogP contribution in [0.25, 0.3) is 38.8 Å². The minimum atomic E-state index is 0.442. The summed E-state index contributed by atoms with van der Waals surface area (Å²) in [6.45, 7) is 0. The van der Waals surface area contributed by atoms with Crippen molar-refractivity contribution in [2.75, 3.05) is 28.4 Å². The molecular weight excluding hydrogens is 472 g/mol. The topological polar surface area (TPSA) is 109 Å². The van der Waals surface area contributed by atoms with E-state index in [9.17, 15) is 5.26 Å². The Hall–Kier alpha value is -5.04. The van der Waals surface area contributed by atoms with Crippen molar-refractivity contribution in [2.24, 2.45) is 12.0 Å². The highest BCUT2D eigenvalue weighted by Gasteiger charge is 2.18. The van der Waals surface area contributed by atoms with Gasteiger partial charge in [0.25, 0.3) is 0 Å². The van der Waals surface area contributed by atoms with Crippen molar-refractivity contribution in [3.63, 3.8) is 0 Å². The molecule has 0 aliphatic carbocycles. The Labute approximate surface area is 212 Å². The highest BCUT2D eigenvalue weighted by molar-refractivity contribution is 6.04. The van der Waals surface area contributed by atoms with Gasteiger partial charge in [0.2, 0.25) is 23.4 Å². The van der Waals surface area contributed by atoms with Crippen LogP contribution >= 0.6 is 0 Å². The van der Waals surface area contributed by atoms with Crippen LogP contribution in [0.4, 0.5) is 0 Å². The number of hydrogen-bond donors (Lipinski definition) is 0. The van der Waals surface area contributed by atoms with Crippen LogP contribution < -0.4 is 24.6 Å². The molecule has 3 heterocycles. The molecule has 0 saturated heterocycles. The first-order valence-corrected chi connectivity index (χ1v) is 11.3. The summed E-state index contributed by atoms with van der Waals surface area (Å²) in [5.74, 6) is 2.12. The molecule has 0 unspecified atom stereocenters. The van der Waals surface area contributed by atoms with Gasteiger partial charge in [0.1, 0.15) is 0 Å². The molecule has 0 radical (unpaired) electrons. The molecule has 3 aromatic heterocycles. The van der Waals surface area contributed by atoms with Crippen LogP contribution in [0.2, 0.25) is 0 Å². The van der Waals surface area contributed by atoms with Crippen molar-refractivity contribution in [2.45, 2.75) is 0 Å². The molecule has 10 heteroatoms. The molecule has 0 saturated carbocycles. The largest absolute Gasteiger partial charge is 0.493 e. The molecule has 0 N–H and O–H groups in total. The number of methoxy groups -OCH3 is 4. The molecule has 0 amide bonds. The van der Waals surface area contributed by atoms with Crippen molar-refractivity contribution >= 4 is 21.9 Å². The van der Waals surface area contributed by atoms with Crippen LogP contribution in [-0.2, 0) is 7.05 Å². The Morgan fingerprint density at radius 1 is 0.838 bits per heavy atom. The monoisotopic (exact) mass is 496 g/mol. The lowest BCUT2D eigenvalue weighted by Gasteiger charge is -2.15. The lowest BCUT2D eigenvalue weighted by molar-refractivity contribution is 0.324. The van der Waals surface area contributed by atoms with E-state index in [1.807, 2.05) is 52.7 Å². The number of pyridine rings is 2. The fourth-order valence-electron chi connectivity index (χ4n) is 4.47. The van der Waals surface area contributed by atoms with Crippen molar-refractivity contribution < 1.29 is 18.9 Å². The third kappa shape index (κ3) is 3.87. The summed E-state index contributed by atoms with van der Waals surface area (Å²) >= 11 is 0. The highest BCUT2D eigenvalue weighted by Crippen LogP contribution is 2.42. The van der Waals surface area contributed by atoms with Crippen LogP contribution in [0, 0.1) is 11.5 Å². The highest BCUT2D eigenvalue weighted by atomic mass is 16.5. The third-order valence-corrected chi connectivity index (χ3v) is 6.24. The number of imidazole rings is 1. The van der Waals surface area contributed by atoms with Gasteiger partial charge >= 0.3 is 0 Å². The molecule has 186 valence electrons. The Morgan fingerprint density at radius 2 is 1.59 bits per heavy atom. The van der Waals surface area contributed by atoms with Crippen LogP contribution in [0.5, 0.6) is 23.1 Å². The van der Waals surface area contributed by atoms with Gasteiger partial charge in [-0.15, -0.1) is 4.99 Å². The zero-order valence-corrected chi connectivity index (χ0v) is 21.0. The maximum atomic E-state index is 9.44. The number of aromatic nitrogens is 4. The van der Waals surface area contributed by atoms with E-state index in [1.54, 1.807) is 46.9 Å². The van der Waals surface area contributed by atoms with E-state index >= 15 is 0 Å². The van der Waals surface area contributed by atoms with E-state index in [0.717, 1.165) is 38.8 Å². The Bertz CT molecular complexity index is 1720. The molecule has 0 bridgehead atoms. The van der Waals surface area contributed by atoms with Gasteiger partial charge < -0.3 is 23.5 Å². The predicted molar refractivity (Wildman–Crippen MR) is 138 cm³/mol. The maximum Gasteiger partial charge on any atom is 0.226 e. The van der Waals surface area contributed by atoms with Gasteiger partial charge in [-0.25, -0.2) is 4.98 Å². The number of ether oxygens (including phenoxy) is 4. The van der Waals surface area contributed by atoms with Gasteiger partial charge in [-0.1, -0.05) is 6.07 Å². The number of fused-ring (bicyclic) bond motifs is 3. The molecule has 2 aromatic carbocycles. The number of rotatable bonds is 6. The van der Waals surface area contributed by atoms with Crippen LogP contribution in [0.1, 0.15) is 0 Å². The first kappa shape index (κ1) is 23.7. The summed E-state index contributed by atoms with van der Waals surface area (Å²) < 4.78 is 25.5. The van der Waals surface area contributed by atoms with Gasteiger partial charge in [-0.2, -0.15) is 5.26 Å². The van der Waals surface area contributed by atoms with Crippen LogP contribution in [0.15, 0.2) is 59.9 Å². The second-order valence-electron chi connectivity index (χ2n) is 8.10. The fourth-order valence-corrected chi connectivity index (χ4v) is 4.47. The molecule has 10 nitrogen and oxygen atoms in total. The van der Waals surface area contributed by atoms with Gasteiger partial charge in [0.15, 0.2) is 11.5 Å². The van der Waals surface area contributed by atoms with Crippen molar-refractivity contribution in [1.82, 2.24) is 19.1 Å². The zero-order chi connectivity index (χ0) is 26.1. The molecule has 5 rings (SSSR count). The summed E-state index contributed by atoms with van der Waals surface area (Å²) in [5, 5.41) is 10.3. The smallest absolute Gasteiger partial charge is 0.226 e. The number of nitriles is 1. The molecular formula is C27H24N6O4. The second kappa shape index (κ2) is 9.54. The normalized spacial score (nSPS) is 11.5. The summed E-state index contributed by atoms with van der Waals surface area (Å²) in [7, 11) is 8.16. The van der Waals surface area contributed by atoms with E-state index < -0.39 is 0 Å². The van der Waals surface area contributed by atoms with E-state index in [1.165, 1.54) is 0 Å². The average molecular weight is 497 g/mol. The van der Waals surface area contributed by atoms with E-state index in [4.69, 9.17) is 18.9 Å². The Balaban J connectivity index is 1.85. The summed E-state index contributed by atoms with van der Waals surface area (Å²) in [5.41, 5.74) is 5.39. The molecule has 0 fully saturated rings. The van der Waals surface area contributed by atoms with Crippen LogP contribution in [0.3, 0.4) is 0 Å². The minimum Gasteiger partial charge on any atom is -0.493 e. The number of benzene rings is 2. The third-order valence-electron chi connectivity index (χ3n) is 6.24. The lowest BCUT2D eigenvalue weighted by Crippen LogP contribution is -2.22. The Morgan fingerprint density at radius 3 is 2.19 bits per heavy atom. The van der Waals surface area contributed by atoms with Crippen LogP contribution in [-0.4, -0.2) is 47.5 Å². The SMILES string of the molecule is COc1ccc(-n2c(=NC#N)n(C)c3cnc4ccc(-c5cc(OC)c(OC)c(OC)c5)cc4c32)cn1. The van der Waals surface area contributed by atoms with Gasteiger partial charge in [-0.05, 0) is 41.5 Å². The van der Waals surface area contributed by atoms with E-state index in [2.05, 4.69) is 21.0 Å².